The second-order valence-electron chi connectivity index (χ2n) is 4.68. The van der Waals surface area contributed by atoms with Crippen LogP contribution in [0.3, 0.4) is 0 Å². The highest BCUT2D eigenvalue weighted by atomic mass is 32.1. The number of aromatic nitrogens is 1. The molecule has 0 saturated carbocycles. The summed E-state index contributed by atoms with van der Waals surface area (Å²) in [6, 6.07) is 11.4. The normalized spacial score (nSPS) is 12.0. The quantitative estimate of drug-likeness (QED) is 0.783. The van der Waals surface area contributed by atoms with Gasteiger partial charge in [0.2, 0.25) is 5.89 Å². The van der Waals surface area contributed by atoms with Gasteiger partial charge in [-0.3, -0.25) is 4.79 Å². The van der Waals surface area contributed by atoms with Crippen LogP contribution in [0.25, 0.3) is 22.7 Å². The van der Waals surface area contributed by atoms with E-state index >= 15 is 0 Å². The Morgan fingerprint density at radius 2 is 2.14 bits per heavy atom. The average molecular weight is 299 g/mol. The standard InChI is InChI=1S/C16H13NO3S/c1-10-6-7-12(21-10)8-11(9-15(18)19)16-17-13-4-2-3-5-14(13)20-16/h2-8H,9H2,1H3,(H,18,19). The minimum Gasteiger partial charge on any atom is -0.481 e. The summed E-state index contributed by atoms with van der Waals surface area (Å²) in [4.78, 5) is 17.6. The average Bonchev–Trinajstić information content (AvgIpc) is 3.03. The second-order valence-corrected chi connectivity index (χ2v) is 5.99. The molecule has 0 aliphatic carbocycles. The highest BCUT2D eigenvalue weighted by Crippen LogP contribution is 2.27. The van der Waals surface area contributed by atoms with E-state index in [2.05, 4.69) is 4.98 Å². The minimum absolute atomic E-state index is 0.121. The van der Waals surface area contributed by atoms with E-state index in [9.17, 15) is 4.79 Å². The van der Waals surface area contributed by atoms with Gasteiger partial charge in [-0.2, -0.15) is 0 Å². The fourth-order valence-corrected chi connectivity index (χ4v) is 2.91. The highest BCUT2D eigenvalue weighted by Gasteiger charge is 2.14. The molecule has 0 saturated heterocycles. The van der Waals surface area contributed by atoms with Crippen LogP contribution in [-0.2, 0) is 4.79 Å². The number of carboxylic acid groups (broad SMARTS) is 1. The van der Waals surface area contributed by atoms with Crippen LogP contribution in [0.4, 0.5) is 0 Å². The minimum atomic E-state index is -0.906. The van der Waals surface area contributed by atoms with Crippen molar-refractivity contribution < 1.29 is 14.3 Å². The Morgan fingerprint density at radius 1 is 1.33 bits per heavy atom. The molecule has 0 aliphatic heterocycles. The number of carboxylic acids is 1. The van der Waals surface area contributed by atoms with Gasteiger partial charge in [-0.25, -0.2) is 4.98 Å². The molecule has 0 radical (unpaired) electrons. The van der Waals surface area contributed by atoms with Crippen LogP contribution >= 0.6 is 11.3 Å². The fourth-order valence-electron chi connectivity index (χ4n) is 2.06. The Hall–Kier alpha value is -2.40. The van der Waals surface area contributed by atoms with E-state index in [1.54, 1.807) is 11.3 Å². The van der Waals surface area contributed by atoms with E-state index in [-0.39, 0.29) is 6.42 Å². The number of hydrogen-bond acceptors (Lipinski definition) is 4. The van der Waals surface area contributed by atoms with Crippen molar-refractivity contribution in [3.63, 3.8) is 0 Å². The number of aliphatic carboxylic acids is 1. The van der Waals surface area contributed by atoms with E-state index in [4.69, 9.17) is 9.52 Å². The fraction of sp³-hybridized carbons (Fsp3) is 0.125. The molecule has 1 N–H and O–H groups in total. The number of thiophene rings is 1. The summed E-state index contributed by atoms with van der Waals surface area (Å²) in [6.07, 6.45) is 1.71. The lowest BCUT2D eigenvalue weighted by atomic mass is 10.1. The number of fused-ring (bicyclic) bond motifs is 1. The number of hydrogen-bond donors (Lipinski definition) is 1. The predicted molar refractivity (Wildman–Crippen MR) is 83.2 cm³/mol. The van der Waals surface area contributed by atoms with Gasteiger partial charge in [0.25, 0.3) is 0 Å². The number of aryl methyl sites for hydroxylation is 1. The molecule has 0 atom stereocenters. The molecule has 0 aliphatic rings. The highest BCUT2D eigenvalue weighted by molar-refractivity contribution is 7.12. The Bertz CT molecular complexity index is 796. The molecule has 2 aromatic heterocycles. The zero-order valence-corrected chi connectivity index (χ0v) is 12.2. The lowest BCUT2D eigenvalue weighted by Gasteiger charge is -1.98. The smallest absolute Gasteiger partial charge is 0.308 e. The third-order valence-electron chi connectivity index (χ3n) is 2.99. The molecule has 5 heteroatoms. The number of carbonyl (C=O) groups is 1. The van der Waals surface area contributed by atoms with Crippen LogP contribution in [0.2, 0.25) is 0 Å². The molecule has 1 aromatic carbocycles. The monoisotopic (exact) mass is 299 g/mol. The van der Waals surface area contributed by atoms with Crippen LogP contribution in [-0.4, -0.2) is 16.1 Å². The van der Waals surface area contributed by atoms with E-state index in [0.717, 1.165) is 10.4 Å². The first kappa shape index (κ1) is 13.6. The van der Waals surface area contributed by atoms with Crippen molar-refractivity contribution in [2.24, 2.45) is 0 Å². The lowest BCUT2D eigenvalue weighted by Crippen LogP contribution is -1.97. The molecule has 3 rings (SSSR count). The van der Waals surface area contributed by atoms with Gasteiger partial charge in [-0.05, 0) is 37.3 Å². The van der Waals surface area contributed by atoms with Crippen LogP contribution in [0.15, 0.2) is 40.8 Å². The Morgan fingerprint density at radius 3 is 2.81 bits per heavy atom. The van der Waals surface area contributed by atoms with E-state index < -0.39 is 5.97 Å². The van der Waals surface area contributed by atoms with Crippen molar-refractivity contribution >= 4 is 40.1 Å². The van der Waals surface area contributed by atoms with Crippen LogP contribution in [0.5, 0.6) is 0 Å². The molecule has 106 valence electrons. The molecule has 0 amide bonds. The SMILES string of the molecule is Cc1ccc(C=C(CC(=O)O)c2nc3ccccc3o2)s1. The van der Waals surface area contributed by atoms with Crippen molar-refractivity contribution in [3.8, 4) is 0 Å². The Balaban J connectivity index is 2.06. The van der Waals surface area contributed by atoms with Gasteiger partial charge >= 0.3 is 5.97 Å². The second kappa shape index (κ2) is 5.54. The third-order valence-corrected chi connectivity index (χ3v) is 3.94. The molecular formula is C16H13NO3S. The summed E-state index contributed by atoms with van der Waals surface area (Å²) in [5.74, 6) is -0.540. The van der Waals surface area contributed by atoms with Crippen LogP contribution in [0, 0.1) is 6.92 Å². The van der Waals surface area contributed by atoms with E-state index in [0.29, 0.717) is 17.0 Å². The molecule has 0 bridgehead atoms. The van der Waals surface area contributed by atoms with Crippen molar-refractivity contribution in [3.05, 3.63) is 52.0 Å². The van der Waals surface area contributed by atoms with E-state index in [1.165, 1.54) is 4.88 Å². The van der Waals surface area contributed by atoms with Crippen LogP contribution in [0.1, 0.15) is 22.1 Å². The van der Waals surface area contributed by atoms with Crippen molar-refractivity contribution in [2.75, 3.05) is 0 Å². The number of rotatable bonds is 4. The summed E-state index contributed by atoms with van der Waals surface area (Å²) in [5.41, 5.74) is 1.96. The van der Waals surface area contributed by atoms with Gasteiger partial charge in [0, 0.05) is 15.3 Å². The topological polar surface area (TPSA) is 63.3 Å². The first-order valence-corrected chi connectivity index (χ1v) is 7.28. The molecule has 4 nitrogen and oxygen atoms in total. The van der Waals surface area contributed by atoms with Gasteiger partial charge in [0.15, 0.2) is 5.58 Å². The summed E-state index contributed by atoms with van der Waals surface area (Å²) in [7, 11) is 0. The van der Waals surface area contributed by atoms with Gasteiger partial charge in [0.1, 0.15) is 5.52 Å². The lowest BCUT2D eigenvalue weighted by molar-refractivity contribution is -0.135. The zero-order valence-electron chi connectivity index (χ0n) is 11.4. The summed E-state index contributed by atoms with van der Waals surface area (Å²) >= 11 is 1.61. The number of para-hydroxylation sites is 2. The van der Waals surface area contributed by atoms with Gasteiger partial charge in [0.05, 0.1) is 6.42 Å². The molecule has 0 fully saturated rings. The maximum absolute atomic E-state index is 11.1. The Kier molecular flexibility index (Phi) is 3.58. The predicted octanol–water partition coefficient (Wildman–Crippen LogP) is 4.21. The van der Waals surface area contributed by atoms with Gasteiger partial charge in [-0.1, -0.05) is 12.1 Å². The first-order valence-electron chi connectivity index (χ1n) is 6.46. The van der Waals surface area contributed by atoms with Crippen molar-refractivity contribution in [2.45, 2.75) is 13.3 Å². The number of oxazole rings is 1. The summed E-state index contributed by atoms with van der Waals surface area (Å²) < 4.78 is 5.67. The molecule has 2 heterocycles. The number of nitrogens with zero attached hydrogens (tertiary/aromatic N) is 1. The number of benzene rings is 1. The van der Waals surface area contributed by atoms with E-state index in [1.807, 2.05) is 49.4 Å². The summed E-state index contributed by atoms with van der Waals surface area (Å²) in [6.45, 7) is 2.01. The molecular weight excluding hydrogens is 286 g/mol. The van der Waals surface area contributed by atoms with Crippen molar-refractivity contribution in [1.29, 1.82) is 0 Å². The largest absolute Gasteiger partial charge is 0.481 e. The third kappa shape index (κ3) is 3.03. The zero-order chi connectivity index (χ0) is 14.8. The van der Waals surface area contributed by atoms with Gasteiger partial charge in [-0.15, -0.1) is 11.3 Å². The molecule has 0 unspecified atom stereocenters. The van der Waals surface area contributed by atoms with Gasteiger partial charge < -0.3 is 9.52 Å². The summed E-state index contributed by atoms with van der Waals surface area (Å²) in [5, 5.41) is 9.10. The first-order chi connectivity index (χ1) is 10.1. The maximum Gasteiger partial charge on any atom is 0.308 e. The maximum atomic E-state index is 11.1. The molecule has 21 heavy (non-hydrogen) atoms. The van der Waals surface area contributed by atoms with Crippen LogP contribution < -0.4 is 0 Å². The molecule has 3 aromatic rings. The Labute approximate surface area is 125 Å². The molecule has 0 spiro atoms. The van der Waals surface area contributed by atoms with Crippen molar-refractivity contribution in [1.82, 2.24) is 4.98 Å².